The highest BCUT2D eigenvalue weighted by Crippen LogP contribution is 2.47. The van der Waals surface area contributed by atoms with E-state index in [0.717, 1.165) is 5.56 Å². The van der Waals surface area contributed by atoms with Gasteiger partial charge in [-0.15, -0.1) is 0 Å². The SMILES string of the molecule is O=C1C[C@H](c2ccc3c(c2)OCO3)c2c(ccc(C(=O)c3ccccc3)c2O)O1. The van der Waals surface area contributed by atoms with Crippen molar-refractivity contribution in [3.8, 4) is 23.0 Å². The fourth-order valence-electron chi connectivity index (χ4n) is 3.79. The summed E-state index contributed by atoms with van der Waals surface area (Å²) in [5.41, 5.74) is 1.82. The van der Waals surface area contributed by atoms with Crippen molar-refractivity contribution in [3.63, 3.8) is 0 Å². The average Bonchev–Trinajstić information content (AvgIpc) is 3.21. The molecule has 5 rings (SSSR count). The number of benzene rings is 3. The zero-order valence-corrected chi connectivity index (χ0v) is 15.3. The monoisotopic (exact) mass is 388 g/mol. The molecule has 1 atom stereocenters. The van der Waals surface area contributed by atoms with Crippen LogP contribution in [0.1, 0.15) is 39.4 Å². The van der Waals surface area contributed by atoms with Gasteiger partial charge in [0.25, 0.3) is 0 Å². The quantitative estimate of drug-likeness (QED) is 0.418. The number of fused-ring (bicyclic) bond motifs is 2. The molecule has 0 saturated carbocycles. The lowest BCUT2D eigenvalue weighted by atomic mass is 9.84. The van der Waals surface area contributed by atoms with E-state index < -0.39 is 11.9 Å². The Labute approximate surface area is 166 Å². The largest absolute Gasteiger partial charge is 0.507 e. The molecule has 0 saturated heterocycles. The van der Waals surface area contributed by atoms with Crippen molar-refractivity contribution in [2.24, 2.45) is 0 Å². The van der Waals surface area contributed by atoms with Crippen molar-refractivity contribution in [3.05, 3.63) is 82.9 Å². The van der Waals surface area contributed by atoms with E-state index in [0.29, 0.717) is 22.6 Å². The van der Waals surface area contributed by atoms with E-state index in [1.165, 1.54) is 6.07 Å². The van der Waals surface area contributed by atoms with Crippen LogP contribution in [0, 0.1) is 0 Å². The van der Waals surface area contributed by atoms with Gasteiger partial charge in [-0.05, 0) is 29.8 Å². The van der Waals surface area contributed by atoms with Crippen LogP contribution in [0.15, 0.2) is 60.7 Å². The standard InChI is InChI=1S/C23H16O6/c24-20-11-16(14-6-8-17-19(10-14)28-12-27-17)21-18(29-20)9-7-15(23(21)26)22(25)13-4-2-1-3-5-13/h1-10,16,26H,11-12H2/t16-/m1/s1. The van der Waals surface area contributed by atoms with E-state index in [2.05, 4.69) is 0 Å². The molecule has 0 unspecified atom stereocenters. The molecule has 0 radical (unpaired) electrons. The molecule has 0 aliphatic carbocycles. The summed E-state index contributed by atoms with van der Waals surface area (Å²) in [5, 5.41) is 11.0. The van der Waals surface area contributed by atoms with Gasteiger partial charge in [0.05, 0.1) is 12.0 Å². The first-order valence-electron chi connectivity index (χ1n) is 9.17. The lowest BCUT2D eigenvalue weighted by Gasteiger charge is -2.26. The highest BCUT2D eigenvalue weighted by molar-refractivity contribution is 6.11. The van der Waals surface area contributed by atoms with Crippen LogP contribution in [-0.4, -0.2) is 23.7 Å². The maximum absolute atomic E-state index is 12.9. The molecule has 1 N–H and O–H groups in total. The molecule has 0 fully saturated rings. The van der Waals surface area contributed by atoms with Gasteiger partial charge in [0.1, 0.15) is 11.5 Å². The summed E-state index contributed by atoms with van der Waals surface area (Å²) >= 11 is 0. The van der Waals surface area contributed by atoms with Crippen molar-refractivity contribution < 1.29 is 28.9 Å². The third-order valence-corrected chi connectivity index (χ3v) is 5.20. The van der Waals surface area contributed by atoms with Gasteiger partial charge in [-0.25, -0.2) is 0 Å². The highest BCUT2D eigenvalue weighted by atomic mass is 16.7. The second kappa shape index (κ2) is 6.67. The Kier molecular flexibility index (Phi) is 3.98. The van der Waals surface area contributed by atoms with Gasteiger partial charge in [-0.1, -0.05) is 36.4 Å². The van der Waals surface area contributed by atoms with Crippen LogP contribution in [-0.2, 0) is 4.79 Å². The van der Waals surface area contributed by atoms with Gasteiger partial charge in [0.2, 0.25) is 6.79 Å². The van der Waals surface area contributed by atoms with Gasteiger partial charge in [-0.2, -0.15) is 0 Å². The molecular formula is C23H16O6. The second-order valence-electron chi connectivity index (χ2n) is 6.91. The predicted octanol–water partition coefficient (Wildman–Crippen LogP) is 3.79. The van der Waals surface area contributed by atoms with Crippen molar-refractivity contribution in [1.82, 2.24) is 0 Å². The number of aromatic hydroxyl groups is 1. The Morgan fingerprint density at radius 3 is 2.52 bits per heavy atom. The zero-order valence-electron chi connectivity index (χ0n) is 15.3. The van der Waals surface area contributed by atoms with Crippen molar-refractivity contribution in [1.29, 1.82) is 0 Å². The maximum Gasteiger partial charge on any atom is 0.312 e. The van der Waals surface area contributed by atoms with Gasteiger partial charge < -0.3 is 19.3 Å². The summed E-state index contributed by atoms with van der Waals surface area (Å²) in [5.74, 6) is 0.124. The summed E-state index contributed by atoms with van der Waals surface area (Å²) < 4.78 is 16.1. The van der Waals surface area contributed by atoms with Gasteiger partial charge in [0, 0.05) is 17.0 Å². The van der Waals surface area contributed by atoms with Crippen LogP contribution in [0.3, 0.4) is 0 Å². The molecule has 0 spiro atoms. The first kappa shape index (κ1) is 17.3. The van der Waals surface area contributed by atoms with Crippen molar-refractivity contribution in [2.45, 2.75) is 12.3 Å². The molecule has 0 aromatic heterocycles. The lowest BCUT2D eigenvalue weighted by molar-refractivity contribution is -0.135. The first-order valence-corrected chi connectivity index (χ1v) is 9.17. The van der Waals surface area contributed by atoms with Gasteiger partial charge in [0.15, 0.2) is 17.3 Å². The Balaban J connectivity index is 1.62. The number of hydrogen-bond acceptors (Lipinski definition) is 6. The first-order chi connectivity index (χ1) is 14.1. The number of hydrogen-bond donors (Lipinski definition) is 1. The third kappa shape index (κ3) is 2.89. The number of esters is 1. The van der Waals surface area contributed by atoms with E-state index in [-0.39, 0.29) is 36.1 Å². The number of carbonyl (C=O) groups is 2. The Morgan fingerprint density at radius 1 is 0.931 bits per heavy atom. The van der Waals surface area contributed by atoms with Crippen LogP contribution in [0.25, 0.3) is 0 Å². The number of phenols is 1. The molecule has 3 aromatic carbocycles. The average molecular weight is 388 g/mol. The van der Waals surface area contributed by atoms with Crippen LogP contribution in [0.2, 0.25) is 0 Å². The van der Waals surface area contributed by atoms with Crippen LogP contribution < -0.4 is 14.2 Å². The molecule has 29 heavy (non-hydrogen) atoms. The second-order valence-corrected chi connectivity index (χ2v) is 6.91. The van der Waals surface area contributed by atoms with E-state index >= 15 is 0 Å². The molecule has 6 heteroatoms. The minimum Gasteiger partial charge on any atom is -0.507 e. The molecule has 144 valence electrons. The minimum atomic E-state index is -0.468. The summed E-state index contributed by atoms with van der Waals surface area (Å²) in [7, 11) is 0. The number of phenolic OH excluding ortho intramolecular Hbond substituents is 1. The molecule has 2 heterocycles. The van der Waals surface area contributed by atoms with Gasteiger partial charge >= 0.3 is 5.97 Å². The summed E-state index contributed by atoms with van der Waals surface area (Å²) in [4.78, 5) is 25.1. The Hall–Kier alpha value is -3.80. The lowest BCUT2D eigenvalue weighted by Crippen LogP contribution is -2.22. The number of ether oxygens (including phenoxy) is 3. The van der Waals surface area contributed by atoms with Crippen LogP contribution in [0.5, 0.6) is 23.0 Å². The third-order valence-electron chi connectivity index (χ3n) is 5.20. The van der Waals surface area contributed by atoms with Crippen molar-refractivity contribution in [2.75, 3.05) is 6.79 Å². The van der Waals surface area contributed by atoms with E-state index in [4.69, 9.17) is 14.2 Å². The van der Waals surface area contributed by atoms with E-state index in [9.17, 15) is 14.7 Å². The molecule has 0 bridgehead atoms. The smallest absolute Gasteiger partial charge is 0.312 e. The van der Waals surface area contributed by atoms with Crippen LogP contribution in [0.4, 0.5) is 0 Å². The van der Waals surface area contributed by atoms with Crippen molar-refractivity contribution >= 4 is 11.8 Å². The van der Waals surface area contributed by atoms with E-state index in [1.807, 2.05) is 12.1 Å². The Morgan fingerprint density at radius 2 is 1.69 bits per heavy atom. The summed E-state index contributed by atoms with van der Waals surface area (Å²) in [6, 6.07) is 17.2. The Bertz CT molecular complexity index is 1140. The normalized spacial score (nSPS) is 16.8. The maximum atomic E-state index is 12.9. The fourth-order valence-corrected chi connectivity index (χ4v) is 3.79. The van der Waals surface area contributed by atoms with Crippen LogP contribution >= 0.6 is 0 Å². The highest BCUT2D eigenvalue weighted by Gasteiger charge is 2.34. The summed E-state index contributed by atoms with van der Waals surface area (Å²) in [6.45, 7) is 0.142. The summed E-state index contributed by atoms with van der Waals surface area (Å²) in [6.07, 6.45) is 0.0448. The molecule has 2 aliphatic heterocycles. The molecule has 2 aliphatic rings. The number of ketones is 1. The molecule has 0 amide bonds. The minimum absolute atomic E-state index is 0.0448. The number of rotatable bonds is 3. The van der Waals surface area contributed by atoms with Gasteiger partial charge in [-0.3, -0.25) is 9.59 Å². The zero-order chi connectivity index (χ0) is 20.0. The van der Waals surface area contributed by atoms with E-state index in [1.54, 1.807) is 42.5 Å². The topological polar surface area (TPSA) is 82.1 Å². The molecular weight excluding hydrogens is 372 g/mol. The number of carbonyl (C=O) groups excluding carboxylic acids is 2. The molecule has 6 nitrogen and oxygen atoms in total. The molecule has 3 aromatic rings. The fraction of sp³-hybridized carbons (Fsp3) is 0.130. The predicted molar refractivity (Wildman–Crippen MR) is 103 cm³/mol.